The number of hydrogen-bond acceptors (Lipinski definition) is 4. The molecule has 0 saturated carbocycles. The molecular formula is C21H25ClN2O2S. The predicted molar refractivity (Wildman–Crippen MR) is 111 cm³/mol. The van der Waals surface area contributed by atoms with Gasteiger partial charge in [-0.2, -0.15) is 0 Å². The predicted octanol–water partition coefficient (Wildman–Crippen LogP) is 4.01. The van der Waals surface area contributed by atoms with E-state index in [9.17, 15) is 4.79 Å². The van der Waals surface area contributed by atoms with Gasteiger partial charge < -0.3 is 10.1 Å². The summed E-state index contributed by atoms with van der Waals surface area (Å²) in [6.07, 6.45) is 0.461. The molecule has 144 valence electrons. The fourth-order valence-electron chi connectivity index (χ4n) is 3.04. The van der Waals surface area contributed by atoms with Crippen molar-refractivity contribution in [3.8, 4) is 0 Å². The second kappa shape index (κ2) is 10.7. The lowest BCUT2D eigenvalue weighted by molar-refractivity contribution is -0.121. The van der Waals surface area contributed by atoms with Gasteiger partial charge in [-0.3, -0.25) is 9.69 Å². The molecule has 27 heavy (non-hydrogen) atoms. The Labute approximate surface area is 170 Å². The maximum Gasteiger partial charge on any atom is 0.221 e. The van der Waals surface area contributed by atoms with Crippen LogP contribution in [0.25, 0.3) is 0 Å². The quantitative estimate of drug-likeness (QED) is 0.675. The van der Waals surface area contributed by atoms with E-state index in [-0.39, 0.29) is 11.9 Å². The maximum absolute atomic E-state index is 12.5. The Morgan fingerprint density at radius 1 is 1.11 bits per heavy atom. The molecule has 1 aliphatic heterocycles. The highest BCUT2D eigenvalue weighted by Gasteiger charge is 2.20. The molecule has 1 heterocycles. The highest BCUT2D eigenvalue weighted by molar-refractivity contribution is 7.99. The number of amides is 1. The number of carbonyl (C=O) groups excluding carboxylic acids is 1. The molecule has 1 aliphatic rings. The van der Waals surface area contributed by atoms with Gasteiger partial charge in [-0.05, 0) is 17.7 Å². The smallest absolute Gasteiger partial charge is 0.221 e. The van der Waals surface area contributed by atoms with Crippen LogP contribution in [-0.2, 0) is 9.53 Å². The second-order valence-corrected chi connectivity index (χ2v) is 8.02. The van der Waals surface area contributed by atoms with Gasteiger partial charge in [0.15, 0.2) is 0 Å². The number of nitrogens with zero attached hydrogens (tertiary/aromatic N) is 1. The molecule has 1 unspecified atom stereocenters. The van der Waals surface area contributed by atoms with Gasteiger partial charge >= 0.3 is 0 Å². The summed E-state index contributed by atoms with van der Waals surface area (Å²) in [6, 6.07) is 17.9. The average Bonchev–Trinajstić information content (AvgIpc) is 2.70. The van der Waals surface area contributed by atoms with Crippen molar-refractivity contribution < 1.29 is 9.53 Å². The Balaban J connectivity index is 1.54. The third kappa shape index (κ3) is 6.54. The van der Waals surface area contributed by atoms with Crippen molar-refractivity contribution in [1.82, 2.24) is 10.2 Å². The van der Waals surface area contributed by atoms with Crippen LogP contribution in [0.3, 0.4) is 0 Å². The first-order valence-corrected chi connectivity index (χ1v) is 10.6. The molecule has 0 aromatic heterocycles. The summed E-state index contributed by atoms with van der Waals surface area (Å²) in [5.41, 5.74) is 1.14. The van der Waals surface area contributed by atoms with Gasteiger partial charge in [0.1, 0.15) is 0 Å². The molecule has 1 fully saturated rings. The molecule has 0 radical (unpaired) electrons. The number of ether oxygens (including phenoxy) is 1. The van der Waals surface area contributed by atoms with Crippen LogP contribution in [0.5, 0.6) is 0 Å². The molecule has 2 aromatic carbocycles. The summed E-state index contributed by atoms with van der Waals surface area (Å²) in [6.45, 7) is 4.12. The largest absolute Gasteiger partial charge is 0.379 e. The van der Waals surface area contributed by atoms with Crippen molar-refractivity contribution >= 4 is 29.3 Å². The van der Waals surface area contributed by atoms with Crippen molar-refractivity contribution in [2.45, 2.75) is 17.4 Å². The normalized spacial score (nSPS) is 16.0. The minimum Gasteiger partial charge on any atom is -0.379 e. The van der Waals surface area contributed by atoms with E-state index in [1.165, 1.54) is 0 Å². The molecule has 2 aromatic rings. The fourth-order valence-corrected chi connectivity index (χ4v) is 4.23. The van der Waals surface area contributed by atoms with E-state index >= 15 is 0 Å². The zero-order valence-corrected chi connectivity index (χ0v) is 16.8. The first kappa shape index (κ1) is 20.2. The van der Waals surface area contributed by atoms with Crippen LogP contribution in [0.15, 0.2) is 59.5 Å². The van der Waals surface area contributed by atoms with Gasteiger partial charge in [-0.25, -0.2) is 0 Å². The van der Waals surface area contributed by atoms with Crippen LogP contribution in [0, 0.1) is 0 Å². The van der Waals surface area contributed by atoms with Crippen LogP contribution in [0.2, 0.25) is 5.02 Å². The van der Waals surface area contributed by atoms with Crippen molar-refractivity contribution in [2.24, 2.45) is 0 Å². The Bertz CT molecular complexity index is 723. The minimum atomic E-state index is -0.0119. The van der Waals surface area contributed by atoms with Crippen molar-refractivity contribution in [3.05, 3.63) is 65.2 Å². The summed E-state index contributed by atoms with van der Waals surface area (Å²) in [4.78, 5) is 15.9. The Hall–Kier alpha value is -1.53. The Kier molecular flexibility index (Phi) is 8.02. The number of halogens is 1. The standard InChI is InChI=1S/C21H25ClN2O2S/c22-18-8-4-5-9-20(18)27-15-10-21(25)23-19(17-6-2-1-3-7-17)16-24-11-13-26-14-12-24/h1-9,19H,10-16H2,(H,23,25). The molecule has 1 N–H and O–H groups in total. The first-order valence-electron chi connectivity index (χ1n) is 9.24. The van der Waals surface area contributed by atoms with Crippen LogP contribution in [0.1, 0.15) is 18.0 Å². The van der Waals surface area contributed by atoms with Crippen molar-refractivity contribution in [1.29, 1.82) is 0 Å². The van der Waals surface area contributed by atoms with E-state index in [1.807, 2.05) is 42.5 Å². The number of morpholine rings is 1. The van der Waals surface area contributed by atoms with E-state index in [0.717, 1.165) is 48.3 Å². The fraction of sp³-hybridized carbons (Fsp3) is 0.381. The first-order chi connectivity index (χ1) is 13.2. The maximum atomic E-state index is 12.5. The zero-order valence-electron chi connectivity index (χ0n) is 15.3. The molecule has 1 amide bonds. The van der Waals surface area contributed by atoms with Gasteiger partial charge in [-0.1, -0.05) is 54.1 Å². The van der Waals surface area contributed by atoms with E-state index < -0.39 is 0 Å². The molecular weight excluding hydrogens is 380 g/mol. The van der Waals surface area contributed by atoms with Gasteiger partial charge in [0.2, 0.25) is 5.91 Å². The molecule has 0 bridgehead atoms. The van der Waals surface area contributed by atoms with E-state index in [1.54, 1.807) is 11.8 Å². The number of nitrogens with one attached hydrogen (secondary N) is 1. The number of hydrogen-bond donors (Lipinski definition) is 1. The zero-order chi connectivity index (χ0) is 18.9. The summed E-state index contributed by atoms with van der Waals surface area (Å²) in [7, 11) is 0. The van der Waals surface area contributed by atoms with E-state index in [4.69, 9.17) is 16.3 Å². The summed E-state index contributed by atoms with van der Waals surface area (Å²) in [5, 5.41) is 3.95. The minimum absolute atomic E-state index is 0.0119. The van der Waals surface area contributed by atoms with E-state index in [0.29, 0.717) is 12.2 Å². The SMILES string of the molecule is O=C(CCSc1ccccc1Cl)NC(CN1CCOCC1)c1ccccc1. The summed E-state index contributed by atoms with van der Waals surface area (Å²) in [5.74, 6) is 0.769. The molecule has 0 aliphatic carbocycles. The van der Waals surface area contributed by atoms with Gasteiger partial charge in [0.05, 0.1) is 24.3 Å². The lowest BCUT2D eigenvalue weighted by Gasteiger charge is -2.31. The van der Waals surface area contributed by atoms with Crippen LogP contribution in [-0.4, -0.2) is 49.4 Å². The molecule has 1 saturated heterocycles. The Morgan fingerprint density at radius 3 is 2.56 bits per heavy atom. The van der Waals surface area contributed by atoms with Crippen LogP contribution < -0.4 is 5.32 Å². The molecule has 3 rings (SSSR count). The highest BCUT2D eigenvalue weighted by Crippen LogP contribution is 2.27. The number of benzene rings is 2. The van der Waals surface area contributed by atoms with Gasteiger partial charge in [0.25, 0.3) is 0 Å². The lowest BCUT2D eigenvalue weighted by atomic mass is 10.1. The molecule has 4 nitrogen and oxygen atoms in total. The summed E-state index contributed by atoms with van der Waals surface area (Å²) >= 11 is 7.79. The molecule has 6 heteroatoms. The average molecular weight is 405 g/mol. The van der Waals surface area contributed by atoms with Crippen LogP contribution in [0.4, 0.5) is 0 Å². The van der Waals surface area contributed by atoms with Crippen molar-refractivity contribution in [2.75, 3.05) is 38.6 Å². The number of rotatable bonds is 8. The van der Waals surface area contributed by atoms with E-state index in [2.05, 4.69) is 22.3 Å². The molecule has 0 spiro atoms. The summed E-state index contributed by atoms with van der Waals surface area (Å²) < 4.78 is 5.43. The topological polar surface area (TPSA) is 41.6 Å². The van der Waals surface area contributed by atoms with Gasteiger partial charge in [0, 0.05) is 36.7 Å². The van der Waals surface area contributed by atoms with Gasteiger partial charge in [-0.15, -0.1) is 11.8 Å². The highest BCUT2D eigenvalue weighted by atomic mass is 35.5. The van der Waals surface area contributed by atoms with Crippen molar-refractivity contribution in [3.63, 3.8) is 0 Å². The number of carbonyl (C=O) groups is 1. The Morgan fingerprint density at radius 2 is 1.81 bits per heavy atom. The number of thioether (sulfide) groups is 1. The van der Waals surface area contributed by atoms with Crippen LogP contribution >= 0.6 is 23.4 Å². The molecule has 1 atom stereocenters. The second-order valence-electron chi connectivity index (χ2n) is 6.47. The monoisotopic (exact) mass is 404 g/mol. The third-order valence-corrected chi connectivity index (χ3v) is 6.02. The lowest BCUT2D eigenvalue weighted by Crippen LogP contribution is -2.43. The third-order valence-electron chi connectivity index (χ3n) is 4.50.